The van der Waals surface area contributed by atoms with Crippen LogP contribution in [0.1, 0.15) is 21.7 Å². The molecule has 0 saturated heterocycles. The number of rotatable bonds is 4. The predicted molar refractivity (Wildman–Crippen MR) is 86.9 cm³/mol. The summed E-state index contributed by atoms with van der Waals surface area (Å²) < 4.78 is 15.4. The van der Waals surface area contributed by atoms with E-state index in [1.807, 2.05) is 6.92 Å². The first-order chi connectivity index (χ1) is 9.81. The SMILES string of the molecule is Cc1nn(C)c(CS(=O)c2ccc(Br)c(C(=O)O)c2)c1Br. The minimum absolute atomic E-state index is 0.0982. The van der Waals surface area contributed by atoms with Crippen molar-refractivity contribution in [1.29, 1.82) is 0 Å². The zero-order chi connectivity index (χ0) is 15.7. The van der Waals surface area contributed by atoms with Gasteiger partial charge in [0.25, 0.3) is 0 Å². The van der Waals surface area contributed by atoms with Gasteiger partial charge in [0.1, 0.15) is 0 Å². The summed E-state index contributed by atoms with van der Waals surface area (Å²) in [6.07, 6.45) is 0. The van der Waals surface area contributed by atoms with Gasteiger partial charge in [0.15, 0.2) is 0 Å². The van der Waals surface area contributed by atoms with E-state index in [2.05, 4.69) is 37.0 Å². The summed E-state index contributed by atoms with van der Waals surface area (Å²) in [5.74, 6) is -0.795. The third-order valence-electron chi connectivity index (χ3n) is 2.96. The lowest BCUT2D eigenvalue weighted by Gasteiger charge is -2.06. The minimum atomic E-state index is -1.35. The van der Waals surface area contributed by atoms with E-state index >= 15 is 0 Å². The van der Waals surface area contributed by atoms with Gasteiger partial charge >= 0.3 is 5.97 Å². The molecule has 112 valence electrons. The maximum atomic E-state index is 12.5. The Morgan fingerprint density at radius 2 is 2.10 bits per heavy atom. The third-order valence-corrected chi connectivity index (χ3v) is 6.00. The Morgan fingerprint density at radius 3 is 2.62 bits per heavy atom. The van der Waals surface area contributed by atoms with Gasteiger partial charge in [0.05, 0.1) is 38.0 Å². The highest BCUT2D eigenvalue weighted by atomic mass is 79.9. The highest BCUT2D eigenvalue weighted by Gasteiger charge is 2.17. The number of hydrogen-bond acceptors (Lipinski definition) is 3. The summed E-state index contributed by atoms with van der Waals surface area (Å²) in [7, 11) is 0.435. The van der Waals surface area contributed by atoms with Gasteiger partial charge in [-0.3, -0.25) is 8.89 Å². The van der Waals surface area contributed by atoms with E-state index in [-0.39, 0.29) is 11.3 Å². The Hall–Kier alpha value is -0.990. The van der Waals surface area contributed by atoms with Crippen molar-refractivity contribution in [3.63, 3.8) is 0 Å². The molecule has 8 heteroatoms. The van der Waals surface area contributed by atoms with Crippen molar-refractivity contribution in [3.05, 3.63) is 44.1 Å². The van der Waals surface area contributed by atoms with Crippen LogP contribution >= 0.6 is 31.9 Å². The highest BCUT2D eigenvalue weighted by Crippen LogP contribution is 2.25. The maximum Gasteiger partial charge on any atom is 0.336 e. The first-order valence-corrected chi connectivity index (χ1v) is 8.81. The van der Waals surface area contributed by atoms with Gasteiger partial charge < -0.3 is 5.11 Å². The molecule has 1 aromatic carbocycles. The molecule has 0 amide bonds. The van der Waals surface area contributed by atoms with E-state index in [0.29, 0.717) is 9.37 Å². The van der Waals surface area contributed by atoms with Crippen molar-refractivity contribution in [2.45, 2.75) is 17.6 Å². The van der Waals surface area contributed by atoms with Crippen LogP contribution in [0.5, 0.6) is 0 Å². The molecule has 21 heavy (non-hydrogen) atoms. The van der Waals surface area contributed by atoms with Gasteiger partial charge in [-0.2, -0.15) is 5.10 Å². The molecule has 2 aromatic rings. The summed E-state index contributed by atoms with van der Waals surface area (Å²) in [5, 5.41) is 13.4. The van der Waals surface area contributed by atoms with Crippen LogP contribution in [0.4, 0.5) is 0 Å². The van der Waals surface area contributed by atoms with Crippen LogP contribution in [0.15, 0.2) is 32.0 Å². The van der Waals surface area contributed by atoms with Gasteiger partial charge in [-0.05, 0) is 57.0 Å². The van der Waals surface area contributed by atoms with Crippen molar-refractivity contribution < 1.29 is 14.1 Å². The van der Waals surface area contributed by atoms with E-state index in [0.717, 1.165) is 15.9 Å². The largest absolute Gasteiger partial charge is 0.478 e. The molecule has 0 spiro atoms. The highest BCUT2D eigenvalue weighted by molar-refractivity contribution is 9.10. The fourth-order valence-corrected chi connectivity index (χ4v) is 4.15. The second kappa shape index (κ2) is 6.41. The van der Waals surface area contributed by atoms with Gasteiger partial charge in [0, 0.05) is 16.4 Å². The zero-order valence-corrected chi connectivity index (χ0v) is 15.2. The molecule has 0 aliphatic heterocycles. The lowest BCUT2D eigenvalue weighted by molar-refractivity contribution is 0.0695. The second-order valence-corrected chi connectivity index (χ2v) is 7.50. The third kappa shape index (κ3) is 3.44. The Balaban J connectivity index is 2.33. The predicted octanol–water partition coefficient (Wildman–Crippen LogP) is 3.26. The van der Waals surface area contributed by atoms with Gasteiger partial charge in [0.2, 0.25) is 0 Å². The normalized spacial score (nSPS) is 12.4. The molecule has 1 aromatic heterocycles. The number of halogens is 2. The first-order valence-electron chi connectivity index (χ1n) is 5.90. The van der Waals surface area contributed by atoms with E-state index < -0.39 is 16.8 Å². The topological polar surface area (TPSA) is 72.2 Å². The van der Waals surface area contributed by atoms with Gasteiger partial charge in [-0.15, -0.1) is 0 Å². The maximum absolute atomic E-state index is 12.5. The summed E-state index contributed by atoms with van der Waals surface area (Å²) >= 11 is 6.60. The van der Waals surface area contributed by atoms with Crippen LogP contribution in [-0.4, -0.2) is 25.1 Å². The van der Waals surface area contributed by atoms with Crippen LogP contribution < -0.4 is 0 Å². The number of carbonyl (C=O) groups is 1. The molecule has 1 atom stereocenters. The Bertz CT molecular complexity index is 743. The Morgan fingerprint density at radius 1 is 1.43 bits per heavy atom. The van der Waals surface area contributed by atoms with Crippen molar-refractivity contribution in [2.75, 3.05) is 0 Å². The molecule has 0 radical (unpaired) electrons. The van der Waals surface area contributed by atoms with Crippen LogP contribution in [0, 0.1) is 6.92 Å². The second-order valence-electron chi connectivity index (χ2n) is 4.41. The fourth-order valence-electron chi connectivity index (χ4n) is 1.85. The van der Waals surface area contributed by atoms with Crippen molar-refractivity contribution in [1.82, 2.24) is 9.78 Å². The quantitative estimate of drug-likeness (QED) is 0.799. The van der Waals surface area contributed by atoms with Crippen molar-refractivity contribution in [2.24, 2.45) is 7.05 Å². The van der Waals surface area contributed by atoms with E-state index in [4.69, 9.17) is 5.11 Å². The van der Waals surface area contributed by atoms with Crippen molar-refractivity contribution >= 4 is 48.6 Å². The fraction of sp³-hybridized carbons (Fsp3) is 0.231. The number of benzene rings is 1. The summed E-state index contributed by atoms with van der Waals surface area (Å²) in [6.45, 7) is 1.86. The number of carboxylic acid groups (broad SMARTS) is 1. The molecular formula is C13H12Br2N2O3S. The van der Waals surface area contributed by atoms with E-state index in [1.54, 1.807) is 23.9 Å². The van der Waals surface area contributed by atoms with Crippen LogP contribution in [0.2, 0.25) is 0 Å². The number of aryl methyl sites for hydroxylation is 2. The van der Waals surface area contributed by atoms with Crippen LogP contribution in [0.3, 0.4) is 0 Å². The molecule has 0 fully saturated rings. The molecule has 5 nitrogen and oxygen atoms in total. The molecule has 2 rings (SSSR count). The van der Waals surface area contributed by atoms with Crippen LogP contribution in [-0.2, 0) is 23.6 Å². The smallest absolute Gasteiger partial charge is 0.336 e. The van der Waals surface area contributed by atoms with Gasteiger partial charge in [-0.1, -0.05) is 0 Å². The number of hydrogen-bond donors (Lipinski definition) is 1. The summed E-state index contributed by atoms with van der Waals surface area (Å²) in [4.78, 5) is 11.6. The number of nitrogens with zero attached hydrogens (tertiary/aromatic N) is 2. The van der Waals surface area contributed by atoms with E-state index in [1.165, 1.54) is 6.07 Å². The zero-order valence-electron chi connectivity index (χ0n) is 11.3. The molecule has 0 bridgehead atoms. The molecule has 1 unspecified atom stereocenters. The summed E-state index contributed by atoms with van der Waals surface area (Å²) in [5.41, 5.74) is 1.73. The molecule has 0 saturated carbocycles. The average molecular weight is 436 g/mol. The standard InChI is InChI=1S/C13H12Br2N2O3S/c1-7-12(15)11(17(2)16-7)6-21(20)8-3-4-10(14)9(5-8)13(18)19/h3-5H,6H2,1-2H3,(H,18,19). The molecule has 1 heterocycles. The Kier molecular flexibility index (Phi) is 5.00. The monoisotopic (exact) mass is 434 g/mol. The number of aromatic nitrogens is 2. The summed E-state index contributed by atoms with van der Waals surface area (Å²) in [6, 6.07) is 4.68. The number of aromatic carboxylic acids is 1. The van der Waals surface area contributed by atoms with Crippen LogP contribution in [0.25, 0.3) is 0 Å². The molecular weight excluding hydrogens is 424 g/mol. The lowest BCUT2D eigenvalue weighted by atomic mass is 10.2. The first kappa shape index (κ1) is 16.4. The van der Waals surface area contributed by atoms with Crippen molar-refractivity contribution in [3.8, 4) is 0 Å². The Labute approximate surface area is 141 Å². The molecule has 0 aliphatic carbocycles. The van der Waals surface area contributed by atoms with E-state index in [9.17, 15) is 9.00 Å². The molecule has 1 N–H and O–H groups in total. The van der Waals surface area contributed by atoms with Gasteiger partial charge in [-0.25, -0.2) is 4.79 Å². The molecule has 0 aliphatic rings. The average Bonchev–Trinajstić information content (AvgIpc) is 2.65. The lowest BCUT2D eigenvalue weighted by Crippen LogP contribution is -2.05. The number of carboxylic acids is 1. The minimum Gasteiger partial charge on any atom is -0.478 e.